The van der Waals surface area contributed by atoms with Crippen LogP contribution in [0, 0.1) is 6.92 Å². The summed E-state index contributed by atoms with van der Waals surface area (Å²) in [6, 6.07) is 13.7. The molecule has 0 saturated carbocycles. The van der Waals surface area contributed by atoms with E-state index < -0.39 is 0 Å². The smallest absolute Gasteiger partial charge is 0.211 e. The third-order valence-electron chi connectivity index (χ3n) is 4.79. The van der Waals surface area contributed by atoms with Crippen LogP contribution < -0.4 is 5.32 Å². The molecule has 0 radical (unpaired) electrons. The van der Waals surface area contributed by atoms with Crippen molar-refractivity contribution in [2.24, 2.45) is 0 Å². The van der Waals surface area contributed by atoms with Crippen molar-refractivity contribution in [3.8, 4) is 0 Å². The van der Waals surface area contributed by atoms with Crippen molar-refractivity contribution in [1.82, 2.24) is 10.3 Å². The molecular formula is C23H17ClN2O3S. The van der Waals surface area contributed by atoms with Crippen LogP contribution in [0.5, 0.6) is 0 Å². The van der Waals surface area contributed by atoms with E-state index in [2.05, 4.69) is 10.3 Å². The van der Waals surface area contributed by atoms with E-state index in [-0.39, 0.29) is 34.5 Å². The zero-order chi connectivity index (χ0) is 21.3. The zero-order valence-corrected chi connectivity index (χ0v) is 17.6. The van der Waals surface area contributed by atoms with Gasteiger partial charge >= 0.3 is 0 Å². The number of fused-ring (bicyclic) bond motifs is 1. The summed E-state index contributed by atoms with van der Waals surface area (Å²) in [5.74, 6) is -0.673. The van der Waals surface area contributed by atoms with Gasteiger partial charge in [-0.1, -0.05) is 60.1 Å². The minimum Gasteiger partial charge on any atom is -0.376 e. The number of Topliss-reactive ketones (excluding diaryl/α,β-unsaturated/α-hetero) is 3. The van der Waals surface area contributed by atoms with E-state index in [1.165, 1.54) is 11.3 Å². The van der Waals surface area contributed by atoms with E-state index in [0.29, 0.717) is 23.2 Å². The third-order valence-corrected chi connectivity index (χ3v) is 6.06. The fourth-order valence-corrected chi connectivity index (χ4v) is 4.26. The van der Waals surface area contributed by atoms with Gasteiger partial charge in [-0.15, -0.1) is 11.3 Å². The molecule has 0 amide bonds. The number of nitrogens with zero attached hydrogens (tertiary/aromatic N) is 1. The first-order valence-electron chi connectivity index (χ1n) is 9.29. The van der Waals surface area contributed by atoms with Gasteiger partial charge in [0.15, 0.2) is 5.78 Å². The largest absolute Gasteiger partial charge is 0.376 e. The van der Waals surface area contributed by atoms with Crippen LogP contribution in [0.4, 0.5) is 0 Å². The number of aryl methyl sites for hydroxylation is 1. The average molecular weight is 437 g/mol. The predicted molar refractivity (Wildman–Crippen MR) is 116 cm³/mol. The van der Waals surface area contributed by atoms with Crippen molar-refractivity contribution in [1.29, 1.82) is 0 Å². The molecule has 3 aromatic rings. The van der Waals surface area contributed by atoms with Crippen molar-refractivity contribution in [3.05, 3.63) is 97.6 Å². The SMILES string of the molecule is Cc1cnc(CC(=O)c2ccc(CNC3=C(Cl)C(=O)c4ccccc4C3=O)cc2)s1. The van der Waals surface area contributed by atoms with E-state index in [9.17, 15) is 14.4 Å². The van der Waals surface area contributed by atoms with E-state index in [1.807, 2.05) is 19.1 Å². The summed E-state index contributed by atoms with van der Waals surface area (Å²) >= 11 is 7.68. The van der Waals surface area contributed by atoms with Gasteiger partial charge in [-0.2, -0.15) is 0 Å². The molecule has 1 aliphatic carbocycles. The Morgan fingerprint density at radius 1 is 1.03 bits per heavy atom. The number of allylic oxidation sites excluding steroid dienone is 2. The van der Waals surface area contributed by atoms with Crippen LogP contribution in [0.15, 0.2) is 65.5 Å². The van der Waals surface area contributed by atoms with Gasteiger partial charge in [0.1, 0.15) is 15.7 Å². The first kappa shape index (κ1) is 20.2. The number of nitrogens with one attached hydrogen (secondary N) is 1. The molecule has 0 bridgehead atoms. The van der Waals surface area contributed by atoms with Gasteiger partial charge in [0.25, 0.3) is 0 Å². The Kier molecular flexibility index (Phi) is 5.61. The molecular weight excluding hydrogens is 420 g/mol. The number of aromatic nitrogens is 1. The molecule has 0 fully saturated rings. The molecule has 1 heterocycles. The molecule has 1 aliphatic rings. The Morgan fingerprint density at radius 3 is 2.33 bits per heavy atom. The highest BCUT2D eigenvalue weighted by Crippen LogP contribution is 2.27. The molecule has 30 heavy (non-hydrogen) atoms. The molecule has 0 spiro atoms. The fourth-order valence-electron chi connectivity index (χ4n) is 3.22. The molecule has 0 atom stereocenters. The van der Waals surface area contributed by atoms with E-state index in [0.717, 1.165) is 15.4 Å². The van der Waals surface area contributed by atoms with Gasteiger partial charge in [-0.05, 0) is 12.5 Å². The standard InChI is InChI=1S/C23H17ClN2O3S/c1-13-11-25-19(30-13)10-18(27)15-8-6-14(7-9-15)12-26-21-20(24)22(28)16-4-2-3-5-17(16)23(21)29/h2-9,11,26H,10,12H2,1H3. The first-order chi connectivity index (χ1) is 14.4. The van der Waals surface area contributed by atoms with Crippen molar-refractivity contribution in [2.45, 2.75) is 19.9 Å². The van der Waals surface area contributed by atoms with Crippen LogP contribution in [-0.2, 0) is 13.0 Å². The Morgan fingerprint density at radius 2 is 1.70 bits per heavy atom. The quantitative estimate of drug-likeness (QED) is 0.576. The number of rotatable bonds is 6. The number of thiazole rings is 1. The minimum atomic E-state index is -0.368. The van der Waals surface area contributed by atoms with Crippen LogP contribution in [0.2, 0.25) is 0 Å². The van der Waals surface area contributed by atoms with Gasteiger partial charge in [-0.25, -0.2) is 4.98 Å². The van der Waals surface area contributed by atoms with Gasteiger partial charge < -0.3 is 5.32 Å². The second kappa shape index (κ2) is 8.34. The second-order valence-corrected chi connectivity index (χ2v) is 8.61. The Hall–Kier alpha value is -3.09. The van der Waals surface area contributed by atoms with Crippen LogP contribution in [-0.4, -0.2) is 22.3 Å². The first-order valence-corrected chi connectivity index (χ1v) is 10.5. The molecule has 2 aromatic carbocycles. The Balaban J connectivity index is 1.44. The maximum atomic E-state index is 12.7. The van der Waals surface area contributed by atoms with Gasteiger partial charge in [0, 0.05) is 34.3 Å². The highest BCUT2D eigenvalue weighted by molar-refractivity contribution is 7.11. The van der Waals surface area contributed by atoms with Crippen molar-refractivity contribution in [2.75, 3.05) is 0 Å². The average Bonchev–Trinajstić information content (AvgIpc) is 3.17. The van der Waals surface area contributed by atoms with Crippen LogP contribution in [0.1, 0.15) is 46.5 Å². The number of halogens is 1. The Labute approximate surface area is 182 Å². The second-order valence-electron chi connectivity index (χ2n) is 6.91. The molecule has 5 nitrogen and oxygen atoms in total. The lowest BCUT2D eigenvalue weighted by molar-refractivity contribution is 0.0974. The summed E-state index contributed by atoms with van der Waals surface area (Å²) in [5.41, 5.74) is 2.21. The molecule has 1 N–H and O–H groups in total. The molecule has 150 valence electrons. The van der Waals surface area contributed by atoms with Gasteiger partial charge in [0.2, 0.25) is 11.6 Å². The fraction of sp³-hybridized carbons (Fsp3) is 0.130. The van der Waals surface area contributed by atoms with E-state index in [1.54, 1.807) is 42.6 Å². The summed E-state index contributed by atoms with van der Waals surface area (Å²) in [4.78, 5) is 42.9. The topological polar surface area (TPSA) is 76.1 Å². The minimum absolute atomic E-state index is 0.000672. The summed E-state index contributed by atoms with van der Waals surface area (Å²) in [5, 5.41) is 3.67. The predicted octanol–water partition coefficient (Wildman–Crippen LogP) is 4.50. The summed E-state index contributed by atoms with van der Waals surface area (Å²) in [6.07, 6.45) is 2.03. The molecule has 0 aliphatic heterocycles. The molecule has 0 saturated heterocycles. The normalized spacial score (nSPS) is 13.4. The van der Waals surface area contributed by atoms with Crippen molar-refractivity contribution in [3.63, 3.8) is 0 Å². The van der Waals surface area contributed by atoms with Crippen LogP contribution in [0.25, 0.3) is 0 Å². The number of carbonyl (C=O) groups excluding carboxylic acids is 3. The molecule has 1 aromatic heterocycles. The Bertz CT molecular complexity index is 1200. The maximum absolute atomic E-state index is 12.7. The lowest BCUT2D eigenvalue weighted by Crippen LogP contribution is -2.28. The van der Waals surface area contributed by atoms with Crippen molar-refractivity contribution < 1.29 is 14.4 Å². The molecule has 0 unspecified atom stereocenters. The molecule has 7 heteroatoms. The van der Waals surface area contributed by atoms with E-state index >= 15 is 0 Å². The number of hydrogen-bond acceptors (Lipinski definition) is 6. The van der Waals surface area contributed by atoms with Crippen LogP contribution in [0.3, 0.4) is 0 Å². The number of ketones is 3. The summed E-state index contributed by atoms with van der Waals surface area (Å²) < 4.78 is 0. The number of hydrogen-bond donors (Lipinski definition) is 1. The van der Waals surface area contributed by atoms with Crippen LogP contribution >= 0.6 is 22.9 Å². The number of benzene rings is 2. The van der Waals surface area contributed by atoms with Gasteiger partial charge in [0.05, 0.1) is 6.42 Å². The lowest BCUT2D eigenvalue weighted by Gasteiger charge is -2.19. The number of carbonyl (C=O) groups is 3. The zero-order valence-electron chi connectivity index (χ0n) is 16.1. The van der Waals surface area contributed by atoms with Crippen molar-refractivity contribution >= 4 is 40.3 Å². The highest BCUT2D eigenvalue weighted by Gasteiger charge is 2.30. The summed E-state index contributed by atoms with van der Waals surface area (Å²) in [7, 11) is 0. The highest BCUT2D eigenvalue weighted by atomic mass is 35.5. The van der Waals surface area contributed by atoms with Gasteiger partial charge in [-0.3, -0.25) is 14.4 Å². The lowest BCUT2D eigenvalue weighted by atomic mass is 9.92. The third kappa shape index (κ3) is 3.97. The monoisotopic (exact) mass is 436 g/mol. The van der Waals surface area contributed by atoms with E-state index in [4.69, 9.17) is 11.6 Å². The maximum Gasteiger partial charge on any atom is 0.211 e. The summed E-state index contributed by atoms with van der Waals surface area (Å²) in [6.45, 7) is 2.26. The molecule has 4 rings (SSSR count).